The first-order chi connectivity index (χ1) is 13.7. The number of hydrazone groups is 1. The molecule has 2 aromatic rings. The number of nitriles is 1. The zero-order valence-corrected chi connectivity index (χ0v) is 16.4. The lowest BCUT2D eigenvalue weighted by Crippen LogP contribution is -2.30. The molecule has 3 rings (SSSR count). The van der Waals surface area contributed by atoms with E-state index in [2.05, 4.69) is 44.6 Å². The van der Waals surface area contributed by atoms with Crippen molar-refractivity contribution in [2.24, 2.45) is 10.8 Å². The van der Waals surface area contributed by atoms with Crippen LogP contribution >= 0.6 is 12.2 Å². The van der Waals surface area contributed by atoms with Gasteiger partial charge in [-0.05, 0) is 60.1 Å². The van der Waals surface area contributed by atoms with Crippen LogP contribution in [0.25, 0.3) is 0 Å². The van der Waals surface area contributed by atoms with Crippen molar-refractivity contribution in [3.8, 4) is 6.07 Å². The number of nitrogens with zero attached hydrogens (tertiary/aromatic N) is 4. The minimum Gasteiger partial charge on any atom is -0.375 e. The molecule has 0 saturated carbocycles. The first-order valence-corrected chi connectivity index (χ1v) is 9.53. The van der Waals surface area contributed by atoms with Crippen LogP contribution in [-0.2, 0) is 6.54 Å². The fraction of sp³-hybridized carbons (Fsp3) is 0.286. The minimum atomic E-state index is 0.106. The summed E-state index contributed by atoms with van der Waals surface area (Å²) in [7, 11) is 0. The average molecular weight is 391 g/mol. The fourth-order valence-corrected chi connectivity index (χ4v) is 3.33. The molecule has 7 heteroatoms. The molecule has 1 fully saturated rings. The maximum absolute atomic E-state index is 9.61. The Kier molecular flexibility index (Phi) is 6.80. The summed E-state index contributed by atoms with van der Waals surface area (Å²) in [6.07, 6.45) is 2.65. The Bertz CT molecular complexity index is 874. The van der Waals surface area contributed by atoms with Gasteiger partial charge in [-0.25, -0.2) is 0 Å². The summed E-state index contributed by atoms with van der Waals surface area (Å²) in [6, 6.07) is 20.0. The molecule has 0 radical (unpaired) electrons. The van der Waals surface area contributed by atoms with Crippen molar-refractivity contribution < 1.29 is 0 Å². The van der Waals surface area contributed by atoms with E-state index in [1.165, 1.54) is 5.56 Å². The van der Waals surface area contributed by atoms with Gasteiger partial charge in [0.25, 0.3) is 0 Å². The van der Waals surface area contributed by atoms with E-state index >= 15 is 0 Å². The molecule has 3 N–H and O–H groups in total. The molecule has 6 nitrogen and oxygen atoms in total. The number of anilines is 1. The van der Waals surface area contributed by atoms with E-state index in [0.29, 0.717) is 5.56 Å². The lowest BCUT2D eigenvalue weighted by molar-refractivity contribution is 0.285. The van der Waals surface area contributed by atoms with Gasteiger partial charge in [0.15, 0.2) is 5.11 Å². The summed E-state index contributed by atoms with van der Waals surface area (Å²) in [5.41, 5.74) is 11.5. The van der Waals surface area contributed by atoms with Crippen molar-refractivity contribution in [1.82, 2.24) is 10.3 Å². The van der Waals surface area contributed by atoms with Crippen LogP contribution in [0.5, 0.6) is 0 Å². The van der Waals surface area contributed by atoms with Crippen LogP contribution in [0.1, 0.15) is 23.1 Å². The van der Waals surface area contributed by atoms with Gasteiger partial charge in [0, 0.05) is 32.7 Å². The molecule has 1 saturated heterocycles. The molecule has 1 aliphatic heterocycles. The third-order valence-corrected chi connectivity index (χ3v) is 4.68. The maximum atomic E-state index is 9.61. The fourth-order valence-electron chi connectivity index (χ4n) is 3.28. The van der Waals surface area contributed by atoms with Crippen molar-refractivity contribution in [2.75, 3.05) is 31.1 Å². The summed E-state index contributed by atoms with van der Waals surface area (Å²) < 4.78 is 0. The molecule has 0 amide bonds. The van der Waals surface area contributed by atoms with Crippen LogP contribution in [0.4, 0.5) is 5.69 Å². The second kappa shape index (κ2) is 9.70. The summed E-state index contributed by atoms with van der Waals surface area (Å²) in [6.45, 7) is 4.70. The van der Waals surface area contributed by atoms with Crippen molar-refractivity contribution in [3.05, 3.63) is 65.2 Å². The molecule has 28 heavy (non-hydrogen) atoms. The van der Waals surface area contributed by atoms with Crippen LogP contribution < -0.4 is 16.1 Å². The zero-order valence-electron chi connectivity index (χ0n) is 15.6. The molecule has 0 aromatic heterocycles. The first kappa shape index (κ1) is 19.6. The van der Waals surface area contributed by atoms with Crippen LogP contribution in [0.2, 0.25) is 0 Å². The highest BCUT2D eigenvalue weighted by Crippen LogP contribution is 2.23. The quantitative estimate of drug-likeness (QED) is 0.462. The second-order valence-electron chi connectivity index (χ2n) is 6.58. The Balaban J connectivity index is 1.67. The van der Waals surface area contributed by atoms with Crippen LogP contribution in [0.3, 0.4) is 0 Å². The molecular formula is C21H22N6S. The highest BCUT2D eigenvalue weighted by Gasteiger charge is 2.17. The Morgan fingerprint density at radius 1 is 1.29 bits per heavy atom. The van der Waals surface area contributed by atoms with Gasteiger partial charge in [-0.3, -0.25) is 10.3 Å². The maximum Gasteiger partial charge on any atom is 0.184 e. The molecule has 0 unspecified atom stereocenters. The average Bonchev–Trinajstić information content (AvgIpc) is 2.94. The Morgan fingerprint density at radius 3 is 2.93 bits per heavy atom. The number of rotatable bonds is 5. The molecular weight excluding hydrogens is 368 g/mol. The van der Waals surface area contributed by atoms with Crippen molar-refractivity contribution >= 4 is 29.2 Å². The van der Waals surface area contributed by atoms with Crippen LogP contribution in [0, 0.1) is 23.5 Å². The molecule has 0 spiro atoms. The molecule has 142 valence electrons. The molecule has 1 heterocycles. The van der Waals surface area contributed by atoms with Crippen molar-refractivity contribution in [3.63, 3.8) is 0 Å². The van der Waals surface area contributed by atoms with Gasteiger partial charge in [0.2, 0.25) is 0 Å². The van der Waals surface area contributed by atoms with Gasteiger partial charge < -0.3 is 10.6 Å². The standard InChI is InChI=1S/C21H22N6S/c22-14-19-13-18(15-24-25-21(23)28)7-8-20(19)27-10-4-9-26(11-12-27)16-17-5-2-1-3-6-17/h2,5-8,13,15H,4,9-12,16H2,(H3,23,25,28)/b24-15+. The largest absolute Gasteiger partial charge is 0.375 e. The topological polar surface area (TPSA) is 80.7 Å². The highest BCUT2D eigenvalue weighted by molar-refractivity contribution is 7.80. The van der Waals surface area contributed by atoms with E-state index in [4.69, 9.17) is 18.0 Å². The van der Waals surface area contributed by atoms with Gasteiger partial charge >= 0.3 is 0 Å². The van der Waals surface area contributed by atoms with E-state index in [1.807, 2.05) is 30.3 Å². The summed E-state index contributed by atoms with van der Waals surface area (Å²) in [5, 5.41) is 13.7. The number of nitrogens with one attached hydrogen (secondary N) is 1. The molecule has 2 aromatic carbocycles. The van der Waals surface area contributed by atoms with Gasteiger partial charge in [0.05, 0.1) is 17.5 Å². The predicted molar refractivity (Wildman–Crippen MR) is 115 cm³/mol. The van der Waals surface area contributed by atoms with Gasteiger partial charge in [-0.15, -0.1) is 0 Å². The lowest BCUT2D eigenvalue weighted by Gasteiger charge is -2.24. The van der Waals surface area contributed by atoms with Crippen LogP contribution in [-0.4, -0.2) is 42.4 Å². The van der Waals surface area contributed by atoms with Gasteiger partial charge in [-0.2, -0.15) is 10.4 Å². The molecule has 0 bridgehead atoms. The normalized spacial score (nSPS) is 14.9. The Labute approximate surface area is 171 Å². The third-order valence-electron chi connectivity index (χ3n) is 4.59. The number of benzene rings is 1. The van der Waals surface area contributed by atoms with E-state index in [1.54, 1.807) is 6.21 Å². The van der Waals surface area contributed by atoms with Crippen molar-refractivity contribution in [2.45, 2.75) is 13.0 Å². The Hall–Kier alpha value is -3.13. The van der Waals surface area contributed by atoms with Crippen LogP contribution in [0.15, 0.2) is 41.5 Å². The summed E-state index contributed by atoms with van der Waals surface area (Å²) in [4.78, 5) is 4.73. The number of hydrogen-bond acceptors (Lipinski definition) is 5. The summed E-state index contributed by atoms with van der Waals surface area (Å²) in [5.74, 6) is 0. The third kappa shape index (κ3) is 5.43. The van der Waals surface area contributed by atoms with E-state index in [-0.39, 0.29) is 5.11 Å². The predicted octanol–water partition coefficient (Wildman–Crippen LogP) is 2.04. The minimum absolute atomic E-state index is 0.106. The van der Waals surface area contributed by atoms with Gasteiger partial charge in [0.1, 0.15) is 6.07 Å². The smallest absolute Gasteiger partial charge is 0.184 e. The molecule has 0 atom stereocenters. The molecule has 1 aliphatic rings. The van der Waals surface area contributed by atoms with Crippen molar-refractivity contribution in [1.29, 1.82) is 5.26 Å². The Morgan fingerprint density at radius 2 is 2.18 bits per heavy atom. The zero-order chi connectivity index (χ0) is 19.8. The SMILES string of the molecule is N#Cc1cc(/C=N/NC(N)=S)ccc1N1CCCN(Cc2cc#ccc2)CC1. The highest BCUT2D eigenvalue weighted by atomic mass is 32.1. The second-order valence-corrected chi connectivity index (χ2v) is 7.02. The van der Waals surface area contributed by atoms with E-state index in [9.17, 15) is 5.26 Å². The van der Waals surface area contributed by atoms with E-state index < -0.39 is 0 Å². The number of thiocarbonyl (C=S) groups is 1. The first-order valence-electron chi connectivity index (χ1n) is 9.12. The lowest BCUT2D eigenvalue weighted by atomic mass is 10.1. The number of nitrogens with two attached hydrogens (primary N) is 1. The monoisotopic (exact) mass is 390 g/mol. The molecule has 0 aliphatic carbocycles. The summed E-state index contributed by atoms with van der Waals surface area (Å²) >= 11 is 4.72. The van der Waals surface area contributed by atoms with Gasteiger partial charge in [-0.1, -0.05) is 18.2 Å². The number of hydrogen-bond donors (Lipinski definition) is 2. The van der Waals surface area contributed by atoms with E-state index in [0.717, 1.165) is 50.4 Å².